The van der Waals surface area contributed by atoms with Gasteiger partial charge in [0.05, 0.1) is 16.4 Å². The zero-order valence-electron chi connectivity index (χ0n) is 20.8. The van der Waals surface area contributed by atoms with Gasteiger partial charge in [-0.3, -0.25) is 4.79 Å². The average Bonchev–Trinajstić information content (AvgIpc) is 3.20. The summed E-state index contributed by atoms with van der Waals surface area (Å²) in [5, 5.41) is 7.25. The maximum absolute atomic E-state index is 12.8. The van der Waals surface area contributed by atoms with Gasteiger partial charge in [0.25, 0.3) is 5.91 Å². The Morgan fingerprint density at radius 2 is 1.94 bits per heavy atom. The van der Waals surface area contributed by atoms with Crippen LogP contribution in [0.15, 0.2) is 24.7 Å². The second-order valence-electron chi connectivity index (χ2n) is 9.10. The van der Waals surface area contributed by atoms with Crippen LogP contribution in [0, 0.1) is 6.92 Å². The van der Waals surface area contributed by atoms with Crippen molar-refractivity contribution in [1.82, 2.24) is 25.2 Å². The van der Waals surface area contributed by atoms with Crippen LogP contribution in [0.4, 0.5) is 11.5 Å². The van der Waals surface area contributed by atoms with E-state index in [2.05, 4.69) is 30.5 Å². The number of carbonyl (C=O) groups is 1. The Morgan fingerprint density at radius 1 is 1.17 bits per heavy atom. The van der Waals surface area contributed by atoms with E-state index in [1.54, 1.807) is 13.3 Å². The van der Waals surface area contributed by atoms with Crippen LogP contribution in [-0.2, 0) is 4.74 Å². The molecule has 9 nitrogen and oxygen atoms in total. The number of rotatable bonds is 10. The molecule has 0 aromatic carbocycles. The summed E-state index contributed by atoms with van der Waals surface area (Å²) >= 11 is 1.38. The molecule has 0 unspecified atom stereocenters. The molecule has 4 rings (SSSR count). The van der Waals surface area contributed by atoms with E-state index in [0.717, 1.165) is 60.1 Å². The minimum Gasteiger partial charge on any atom is -0.473 e. The van der Waals surface area contributed by atoms with E-state index in [4.69, 9.17) is 9.47 Å². The Bertz CT molecular complexity index is 1140. The highest BCUT2D eigenvalue weighted by molar-refractivity contribution is 7.20. The fourth-order valence-corrected chi connectivity index (χ4v) is 5.38. The van der Waals surface area contributed by atoms with Gasteiger partial charge in [0.15, 0.2) is 0 Å². The van der Waals surface area contributed by atoms with Crippen LogP contribution < -0.4 is 15.4 Å². The largest absolute Gasteiger partial charge is 0.473 e. The highest BCUT2D eigenvalue weighted by Crippen LogP contribution is 2.36. The van der Waals surface area contributed by atoms with Gasteiger partial charge in [-0.05, 0) is 77.4 Å². The molecule has 3 heterocycles. The summed E-state index contributed by atoms with van der Waals surface area (Å²) in [7, 11) is 5.81. The van der Waals surface area contributed by atoms with Gasteiger partial charge in [0.1, 0.15) is 28.8 Å². The number of aryl methyl sites for hydroxylation is 1. The predicted molar refractivity (Wildman–Crippen MR) is 139 cm³/mol. The lowest BCUT2D eigenvalue weighted by molar-refractivity contribution is 0.0317. The SMILES string of the molecule is CO[C@H]1CC[C@H](Oc2ncccc2Nc2ncnc3sc(C(=O)NCCCN(C)C)c(C)c23)CC1. The lowest BCUT2D eigenvalue weighted by atomic mass is 9.95. The number of pyridine rings is 1. The van der Waals surface area contributed by atoms with Crippen molar-refractivity contribution >= 4 is 39.0 Å². The van der Waals surface area contributed by atoms with Crippen LogP contribution >= 0.6 is 11.3 Å². The molecule has 1 aliphatic carbocycles. The molecule has 1 fully saturated rings. The van der Waals surface area contributed by atoms with Gasteiger partial charge < -0.3 is 25.0 Å². The van der Waals surface area contributed by atoms with Crippen LogP contribution in [0.25, 0.3) is 10.2 Å². The molecule has 1 amide bonds. The van der Waals surface area contributed by atoms with Crippen molar-refractivity contribution in [3.63, 3.8) is 0 Å². The van der Waals surface area contributed by atoms with Gasteiger partial charge >= 0.3 is 0 Å². The summed E-state index contributed by atoms with van der Waals surface area (Å²) in [5.41, 5.74) is 1.60. The Morgan fingerprint density at radius 3 is 2.69 bits per heavy atom. The summed E-state index contributed by atoms with van der Waals surface area (Å²) in [6.07, 6.45) is 8.39. The monoisotopic (exact) mass is 498 g/mol. The lowest BCUT2D eigenvalue weighted by Crippen LogP contribution is -2.28. The number of anilines is 2. The quantitative estimate of drug-likeness (QED) is 0.402. The molecule has 10 heteroatoms. The summed E-state index contributed by atoms with van der Waals surface area (Å²) in [5.74, 6) is 1.11. The van der Waals surface area contributed by atoms with Crippen molar-refractivity contribution in [3.05, 3.63) is 35.1 Å². The molecule has 1 saturated carbocycles. The molecule has 3 aromatic rings. The number of nitrogens with one attached hydrogen (secondary N) is 2. The van der Waals surface area contributed by atoms with Gasteiger partial charge in [-0.2, -0.15) is 0 Å². The number of hydrogen-bond acceptors (Lipinski definition) is 9. The summed E-state index contributed by atoms with van der Waals surface area (Å²) in [4.78, 5) is 29.8. The van der Waals surface area contributed by atoms with Gasteiger partial charge in [-0.1, -0.05) is 0 Å². The molecule has 0 aliphatic heterocycles. The first kappa shape index (κ1) is 25.3. The van der Waals surface area contributed by atoms with Gasteiger partial charge in [0, 0.05) is 19.9 Å². The van der Waals surface area contributed by atoms with Crippen molar-refractivity contribution in [1.29, 1.82) is 0 Å². The Hall–Kier alpha value is -2.82. The minimum atomic E-state index is -0.0766. The number of methoxy groups -OCH3 is 1. The van der Waals surface area contributed by atoms with Crippen LogP contribution in [0.1, 0.15) is 47.3 Å². The minimum absolute atomic E-state index is 0.0766. The highest BCUT2D eigenvalue weighted by Gasteiger charge is 2.24. The second-order valence-corrected chi connectivity index (χ2v) is 10.1. The van der Waals surface area contributed by atoms with Crippen molar-refractivity contribution in [2.75, 3.05) is 39.6 Å². The number of nitrogens with zero attached hydrogens (tertiary/aromatic N) is 4. The maximum Gasteiger partial charge on any atom is 0.261 e. The number of hydrogen-bond donors (Lipinski definition) is 2. The molecule has 2 N–H and O–H groups in total. The zero-order chi connectivity index (χ0) is 24.8. The molecule has 0 bridgehead atoms. The normalized spacial score (nSPS) is 18.1. The number of carbonyl (C=O) groups excluding carboxylic acids is 1. The van der Waals surface area contributed by atoms with E-state index in [0.29, 0.717) is 29.2 Å². The highest BCUT2D eigenvalue weighted by atomic mass is 32.1. The second kappa shape index (κ2) is 11.7. The van der Waals surface area contributed by atoms with E-state index in [9.17, 15) is 4.79 Å². The summed E-state index contributed by atoms with van der Waals surface area (Å²) in [6, 6.07) is 3.79. The number of fused-ring (bicyclic) bond motifs is 1. The third-order valence-electron chi connectivity index (χ3n) is 6.26. The van der Waals surface area contributed by atoms with E-state index < -0.39 is 0 Å². The molecule has 0 radical (unpaired) electrons. The summed E-state index contributed by atoms with van der Waals surface area (Å²) in [6.45, 7) is 3.50. The van der Waals surface area contributed by atoms with Gasteiger partial charge in [-0.15, -0.1) is 11.3 Å². The van der Waals surface area contributed by atoms with Crippen LogP contribution in [0.3, 0.4) is 0 Å². The van der Waals surface area contributed by atoms with E-state index in [1.807, 2.05) is 33.2 Å². The number of ether oxygens (including phenoxy) is 2. The molecular formula is C25H34N6O3S. The molecular weight excluding hydrogens is 464 g/mol. The Balaban J connectivity index is 1.51. The molecule has 1 aliphatic rings. The van der Waals surface area contributed by atoms with Crippen LogP contribution in [0.2, 0.25) is 0 Å². The fraction of sp³-hybridized carbons (Fsp3) is 0.520. The van der Waals surface area contributed by atoms with Gasteiger partial charge in [0.2, 0.25) is 5.88 Å². The molecule has 35 heavy (non-hydrogen) atoms. The predicted octanol–water partition coefficient (Wildman–Crippen LogP) is 4.16. The first-order valence-electron chi connectivity index (χ1n) is 12.0. The van der Waals surface area contributed by atoms with Crippen LogP contribution in [0.5, 0.6) is 5.88 Å². The molecule has 188 valence electrons. The molecule has 0 spiro atoms. The Kier molecular flexibility index (Phi) is 8.48. The maximum atomic E-state index is 12.8. The Labute approximate surface area is 210 Å². The number of thiophene rings is 1. The number of amides is 1. The van der Waals surface area contributed by atoms with Crippen molar-refractivity contribution in [2.24, 2.45) is 0 Å². The standard InChI is InChI=1S/C25H34N6O3S/c1-16-20-22(28-15-29-25(20)35-21(16)23(32)26-13-6-14-31(2)3)30-19-7-5-12-27-24(19)34-18-10-8-17(33-4)9-11-18/h5,7,12,15,17-18H,6,8-11,13-14H2,1-4H3,(H,26,32)(H,28,29,30)/t17-,18-. The third kappa shape index (κ3) is 6.25. The third-order valence-corrected chi connectivity index (χ3v) is 7.46. The smallest absolute Gasteiger partial charge is 0.261 e. The first-order valence-corrected chi connectivity index (χ1v) is 12.9. The van der Waals surface area contributed by atoms with Gasteiger partial charge in [-0.25, -0.2) is 15.0 Å². The summed E-state index contributed by atoms with van der Waals surface area (Å²) < 4.78 is 11.7. The van der Waals surface area contributed by atoms with Crippen molar-refractivity contribution in [3.8, 4) is 5.88 Å². The fourth-order valence-electron chi connectivity index (χ4n) is 4.31. The van der Waals surface area contributed by atoms with E-state index in [1.165, 1.54) is 17.7 Å². The molecule has 0 saturated heterocycles. The van der Waals surface area contributed by atoms with Crippen molar-refractivity contribution in [2.45, 2.75) is 51.2 Å². The molecule has 0 atom stereocenters. The van der Waals surface area contributed by atoms with Crippen LogP contribution in [-0.4, -0.2) is 72.3 Å². The van der Waals surface area contributed by atoms with E-state index in [-0.39, 0.29) is 12.0 Å². The van der Waals surface area contributed by atoms with E-state index >= 15 is 0 Å². The lowest BCUT2D eigenvalue weighted by Gasteiger charge is -2.28. The number of aromatic nitrogens is 3. The zero-order valence-corrected chi connectivity index (χ0v) is 21.7. The molecule has 3 aromatic heterocycles. The first-order chi connectivity index (χ1) is 17.0. The average molecular weight is 499 g/mol. The topological polar surface area (TPSA) is 101 Å². The van der Waals surface area contributed by atoms with Crippen molar-refractivity contribution < 1.29 is 14.3 Å².